The van der Waals surface area contributed by atoms with Gasteiger partial charge >= 0.3 is 18.1 Å². The van der Waals surface area contributed by atoms with Gasteiger partial charge in [-0.3, -0.25) is 15.0 Å². The van der Waals surface area contributed by atoms with Gasteiger partial charge in [-0.25, -0.2) is 9.78 Å². The molecule has 1 aromatic carbocycles. The van der Waals surface area contributed by atoms with E-state index in [-0.39, 0.29) is 17.3 Å². The van der Waals surface area contributed by atoms with Crippen LogP contribution in [0.4, 0.5) is 19.0 Å². The Morgan fingerprint density at radius 2 is 1.79 bits per heavy atom. The van der Waals surface area contributed by atoms with Crippen molar-refractivity contribution in [1.82, 2.24) is 10.3 Å². The summed E-state index contributed by atoms with van der Waals surface area (Å²) in [7, 11) is 0. The molecule has 0 spiro atoms. The van der Waals surface area contributed by atoms with E-state index < -0.39 is 30.6 Å². The number of guanidine groups is 1. The number of amides is 1. The van der Waals surface area contributed by atoms with Crippen LogP contribution in [0.5, 0.6) is 0 Å². The predicted octanol–water partition coefficient (Wildman–Crippen LogP) is 1.64. The highest BCUT2D eigenvalue weighted by atomic mass is 35.5. The van der Waals surface area contributed by atoms with Crippen LogP contribution in [-0.2, 0) is 9.59 Å². The third-order valence-electron chi connectivity index (χ3n) is 3.00. The first-order chi connectivity index (χ1) is 13.3. The van der Waals surface area contributed by atoms with Crippen molar-refractivity contribution in [1.29, 1.82) is 5.41 Å². The summed E-state index contributed by atoms with van der Waals surface area (Å²) in [5.41, 5.74) is 5.53. The summed E-state index contributed by atoms with van der Waals surface area (Å²) in [5, 5.41) is 29.3. The maximum absolute atomic E-state index is 11.9. The molecule has 0 aliphatic carbocycles. The van der Waals surface area contributed by atoms with Crippen molar-refractivity contribution in [2.24, 2.45) is 5.73 Å². The van der Waals surface area contributed by atoms with Gasteiger partial charge in [-0.05, 0) is 12.1 Å². The summed E-state index contributed by atoms with van der Waals surface area (Å²) in [4.78, 5) is 35.3. The topological polar surface area (TPSA) is 178 Å². The average molecular weight is 436 g/mol. The molecule has 10 nitrogen and oxygen atoms in total. The molecule has 0 fully saturated rings. The number of fused-ring (bicyclic) bond motifs is 1. The first kappa shape index (κ1) is 23.4. The van der Waals surface area contributed by atoms with Gasteiger partial charge < -0.3 is 26.6 Å². The van der Waals surface area contributed by atoms with E-state index in [0.29, 0.717) is 15.8 Å². The number of carbonyl (C=O) groups excluding carboxylic acids is 1. The van der Waals surface area contributed by atoms with E-state index in [0.717, 1.165) is 0 Å². The highest BCUT2D eigenvalue weighted by Crippen LogP contribution is 2.28. The van der Waals surface area contributed by atoms with Crippen LogP contribution < -0.4 is 16.4 Å². The molecule has 0 saturated carbocycles. The number of carboxylic acid groups (broad SMARTS) is 2. The highest BCUT2D eigenvalue weighted by molar-refractivity contribution is 6.36. The number of aromatic nitrogens is 1. The number of halogens is 4. The maximum atomic E-state index is 11.9. The normalized spacial score (nSPS) is 10.5. The molecule has 29 heavy (non-hydrogen) atoms. The molecule has 0 bridgehead atoms. The van der Waals surface area contributed by atoms with Gasteiger partial charge in [0, 0.05) is 22.5 Å². The molecule has 0 radical (unpaired) electrons. The van der Waals surface area contributed by atoms with Crippen molar-refractivity contribution < 1.29 is 37.8 Å². The summed E-state index contributed by atoms with van der Waals surface area (Å²) >= 11 is 6.05. The number of rotatable bonds is 4. The number of benzene rings is 1. The number of hydrogen-bond acceptors (Lipinski definition) is 5. The summed E-state index contributed by atoms with van der Waals surface area (Å²) < 4.78 is 31.7. The van der Waals surface area contributed by atoms with Crippen LogP contribution in [-0.4, -0.2) is 51.7 Å². The molecule has 0 aliphatic rings. The van der Waals surface area contributed by atoms with Crippen LogP contribution in [0, 0.1) is 5.41 Å². The molecule has 1 heterocycles. The zero-order valence-corrected chi connectivity index (χ0v) is 14.9. The van der Waals surface area contributed by atoms with Crippen molar-refractivity contribution in [2.75, 3.05) is 11.9 Å². The Hall–Kier alpha value is -3.61. The van der Waals surface area contributed by atoms with Gasteiger partial charge in [-0.2, -0.15) is 13.2 Å². The van der Waals surface area contributed by atoms with E-state index in [1.807, 2.05) is 0 Å². The van der Waals surface area contributed by atoms with Crippen molar-refractivity contribution >= 4 is 52.0 Å². The van der Waals surface area contributed by atoms with E-state index in [1.54, 1.807) is 6.07 Å². The fourth-order valence-electron chi connectivity index (χ4n) is 1.84. The molecule has 156 valence electrons. The second-order valence-corrected chi connectivity index (χ2v) is 5.54. The Morgan fingerprint density at radius 3 is 2.28 bits per heavy atom. The molecule has 0 atom stereocenters. The van der Waals surface area contributed by atoms with Crippen molar-refractivity contribution in [3.05, 3.63) is 35.0 Å². The van der Waals surface area contributed by atoms with E-state index in [2.05, 4.69) is 15.6 Å². The molecular formula is C15H13ClF3N5O5. The SMILES string of the molecule is N=C(N)Nc1ncc(Cl)c2ccc(C(=O)NCC(=O)O)cc12.O=C(O)C(F)(F)F. The lowest BCUT2D eigenvalue weighted by Gasteiger charge is -2.10. The van der Waals surface area contributed by atoms with Crippen molar-refractivity contribution in [3.63, 3.8) is 0 Å². The molecule has 0 unspecified atom stereocenters. The van der Waals surface area contributed by atoms with Gasteiger partial charge in [0.2, 0.25) is 0 Å². The van der Waals surface area contributed by atoms with Crippen LogP contribution in [0.15, 0.2) is 24.4 Å². The van der Waals surface area contributed by atoms with Gasteiger partial charge in [0.15, 0.2) is 5.96 Å². The van der Waals surface area contributed by atoms with E-state index >= 15 is 0 Å². The smallest absolute Gasteiger partial charge is 0.480 e. The fraction of sp³-hybridized carbons (Fsp3) is 0.133. The Kier molecular flexibility index (Phi) is 7.71. The summed E-state index contributed by atoms with van der Waals surface area (Å²) in [5.74, 6) is -4.47. The summed E-state index contributed by atoms with van der Waals surface area (Å²) in [6, 6.07) is 4.62. The number of nitrogens with one attached hydrogen (secondary N) is 3. The first-order valence-electron chi connectivity index (χ1n) is 7.32. The van der Waals surface area contributed by atoms with Crippen LogP contribution in [0.1, 0.15) is 10.4 Å². The highest BCUT2D eigenvalue weighted by Gasteiger charge is 2.38. The number of alkyl halides is 3. The number of anilines is 1. The second-order valence-electron chi connectivity index (χ2n) is 5.13. The van der Waals surface area contributed by atoms with Crippen LogP contribution in [0.2, 0.25) is 5.02 Å². The lowest BCUT2D eigenvalue weighted by Crippen LogP contribution is -2.29. The zero-order valence-electron chi connectivity index (χ0n) is 14.2. The quantitative estimate of drug-likeness (QED) is 0.310. The monoisotopic (exact) mass is 435 g/mol. The molecule has 7 N–H and O–H groups in total. The van der Waals surface area contributed by atoms with Gasteiger partial charge in [-0.1, -0.05) is 17.7 Å². The van der Waals surface area contributed by atoms with Crippen molar-refractivity contribution in [2.45, 2.75) is 6.18 Å². The van der Waals surface area contributed by atoms with Crippen LogP contribution >= 0.6 is 11.6 Å². The predicted molar refractivity (Wildman–Crippen MR) is 95.9 cm³/mol. The lowest BCUT2D eigenvalue weighted by molar-refractivity contribution is -0.192. The molecule has 1 aromatic heterocycles. The minimum Gasteiger partial charge on any atom is -0.480 e. The van der Waals surface area contributed by atoms with E-state index in [9.17, 15) is 22.8 Å². The Morgan fingerprint density at radius 1 is 1.21 bits per heavy atom. The van der Waals surface area contributed by atoms with Gasteiger partial charge in [0.25, 0.3) is 5.91 Å². The number of pyridine rings is 1. The number of carbonyl (C=O) groups is 3. The molecule has 1 amide bonds. The second kappa shape index (κ2) is 9.54. The zero-order chi connectivity index (χ0) is 22.4. The molecule has 0 saturated heterocycles. The first-order valence-corrected chi connectivity index (χ1v) is 7.70. The van der Waals surface area contributed by atoms with Crippen LogP contribution in [0.3, 0.4) is 0 Å². The average Bonchev–Trinajstić information content (AvgIpc) is 2.61. The maximum Gasteiger partial charge on any atom is 0.490 e. The Balaban J connectivity index is 0.000000516. The van der Waals surface area contributed by atoms with E-state index in [4.69, 9.17) is 37.8 Å². The summed E-state index contributed by atoms with van der Waals surface area (Å²) in [6.45, 7) is -0.483. The fourth-order valence-corrected chi connectivity index (χ4v) is 2.05. The van der Waals surface area contributed by atoms with E-state index in [1.165, 1.54) is 18.3 Å². The van der Waals surface area contributed by atoms with Crippen LogP contribution in [0.25, 0.3) is 10.8 Å². The van der Waals surface area contributed by atoms with Gasteiger partial charge in [0.05, 0.1) is 5.02 Å². The van der Waals surface area contributed by atoms with Gasteiger partial charge in [0.1, 0.15) is 12.4 Å². The largest absolute Gasteiger partial charge is 0.490 e. The number of nitrogens with two attached hydrogens (primary N) is 1. The molecule has 0 aliphatic heterocycles. The van der Waals surface area contributed by atoms with Crippen molar-refractivity contribution in [3.8, 4) is 0 Å². The molecular weight excluding hydrogens is 423 g/mol. The number of nitrogens with zero attached hydrogens (tertiary/aromatic N) is 1. The third-order valence-corrected chi connectivity index (χ3v) is 3.30. The minimum absolute atomic E-state index is 0.240. The molecule has 2 aromatic rings. The number of carboxylic acids is 2. The standard InChI is InChI=1S/C13H12ClN5O3.C2HF3O2/c14-9-4-17-11(19-13(15)16)8-3-6(1-2-7(8)9)12(22)18-5-10(20)21;3-2(4,5)1(6)7/h1-4H,5H2,(H,18,22)(H,20,21)(H4,15,16,17,19);(H,6,7). The number of aliphatic carboxylic acids is 2. The lowest BCUT2D eigenvalue weighted by atomic mass is 10.1. The number of hydrogen-bond donors (Lipinski definition) is 6. The third kappa shape index (κ3) is 7.14. The Bertz CT molecular complexity index is 967. The summed E-state index contributed by atoms with van der Waals surface area (Å²) in [6.07, 6.45) is -3.68. The molecule has 2 rings (SSSR count). The van der Waals surface area contributed by atoms with Gasteiger partial charge in [-0.15, -0.1) is 0 Å². The minimum atomic E-state index is -5.08. The Labute approximate surface area is 165 Å². The molecule has 14 heteroatoms.